The number of hydrogen-bond acceptors (Lipinski definition) is 4. The summed E-state index contributed by atoms with van der Waals surface area (Å²) in [7, 11) is 1.88. The van der Waals surface area contributed by atoms with E-state index in [1.54, 1.807) is 0 Å². The third kappa shape index (κ3) is 2.93. The van der Waals surface area contributed by atoms with Crippen molar-refractivity contribution in [3.05, 3.63) is 56.3 Å². The highest BCUT2D eigenvalue weighted by atomic mass is 35.5. The second kappa shape index (κ2) is 5.61. The summed E-state index contributed by atoms with van der Waals surface area (Å²) in [5.74, 6) is 0. The minimum Gasteiger partial charge on any atom is -0.352 e. The van der Waals surface area contributed by atoms with Gasteiger partial charge in [-0.3, -0.25) is 9.59 Å². The molecule has 0 radical (unpaired) electrons. The van der Waals surface area contributed by atoms with E-state index >= 15 is 0 Å². The summed E-state index contributed by atoms with van der Waals surface area (Å²) >= 11 is 0. The van der Waals surface area contributed by atoms with E-state index in [4.69, 9.17) is 0 Å². The molecular weight excluding hydrogens is 240 g/mol. The molecule has 0 fully saturated rings. The first-order chi connectivity index (χ1) is 7.70. The van der Waals surface area contributed by atoms with Gasteiger partial charge in [-0.15, -0.1) is 12.4 Å². The lowest BCUT2D eigenvalue weighted by Gasteiger charge is -2.07. The van der Waals surface area contributed by atoms with Gasteiger partial charge in [0, 0.05) is 18.3 Å². The van der Waals surface area contributed by atoms with Crippen LogP contribution in [0.4, 0.5) is 11.4 Å². The SMILES string of the molecule is CNCc1ccc(Nc2cc(=O)c2=O)cc1.Cl. The Morgan fingerprint density at radius 1 is 1.12 bits per heavy atom. The first kappa shape index (κ1) is 13.4. The van der Waals surface area contributed by atoms with Gasteiger partial charge in [0.15, 0.2) is 0 Å². The van der Waals surface area contributed by atoms with Crippen LogP contribution in [-0.2, 0) is 6.54 Å². The summed E-state index contributed by atoms with van der Waals surface area (Å²) in [4.78, 5) is 21.7. The molecule has 0 unspecified atom stereocenters. The van der Waals surface area contributed by atoms with Crippen molar-refractivity contribution in [1.82, 2.24) is 5.32 Å². The van der Waals surface area contributed by atoms with E-state index in [9.17, 15) is 9.59 Å². The quantitative estimate of drug-likeness (QED) is 0.802. The molecule has 0 saturated heterocycles. The van der Waals surface area contributed by atoms with Crippen molar-refractivity contribution >= 4 is 23.8 Å². The van der Waals surface area contributed by atoms with Crippen LogP contribution in [0.15, 0.2) is 39.9 Å². The van der Waals surface area contributed by atoms with Crippen molar-refractivity contribution in [3.8, 4) is 0 Å². The van der Waals surface area contributed by atoms with E-state index in [2.05, 4.69) is 10.6 Å². The number of anilines is 2. The molecule has 0 atom stereocenters. The second-order valence-electron chi connectivity index (χ2n) is 3.60. The molecule has 0 aliphatic heterocycles. The van der Waals surface area contributed by atoms with Gasteiger partial charge in [-0.05, 0) is 24.7 Å². The fraction of sp³-hybridized carbons (Fsp3) is 0.167. The Kier molecular flexibility index (Phi) is 4.43. The molecule has 0 saturated carbocycles. The van der Waals surface area contributed by atoms with Gasteiger partial charge in [-0.25, -0.2) is 0 Å². The molecule has 2 aromatic rings. The van der Waals surface area contributed by atoms with Crippen molar-refractivity contribution in [2.45, 2.75) is 6.54 Å². The van der Waals surface area contributed by atoms with E-state index in [1.165, 1.54) is 6.07 Å². The standard InChI is InChI=1S/C12H12N2O2.ClH/c1-13-7-8-2-4-9(5-3-8)14-10-6-11(15)12(10)16;/h2-6,13-14H,7H2,1H3;1H. The highest BCUT2D eigenvalue weighted by molar-refractivity contribution is 5.85. The molecule has 0 aromatic heterocycles. The number of halogens is 1. The van der Waals surface area contributed by atoms with E-state index in [0.29, 0.717) is 5.69 Å². The average Bonchev–Trinajstić information content (AvgIpc) is 2.31. The smallest absolute Gasteiger partial charge is 0.249 e. The molecule has 5 heteroatoms. The maximum absolute atomic E-state index is 11.0. The molecular formula is C12H13ClN2O2. The Morgan fingerprint density at radius 3 is 2.24 bits per heavy atom. The zero-order chi connectivity index (χ0) is 11.5. The van der Waals surface area contributed by atoms with E-state index in [1.807, 2.05) is 31.3 Å². The van der Waals surface area contributed by atoms with Gasteiger partial charge >= 0.3 is 0 Å². The van der Waals surface area contributed by atoms with Crippen LogP contribution in [0.5, 0.6) is 0 Å². The van der Waals surface area contributed by atoms with E-state index in [-0.39, 0.29) is 12.4 Å². The maximum Gasteiger partial charge on any atom is 0.249 e. The zero-order valence-electron chi connectivity index (χ0n) is 9.32. The first-order valence-corrected chi connectivity index (χ1v) is 5.01. The van der Waals surface area contributed by atoms with Crippen molar-refractivity contribution < 1.29 is 0 Å². The molecule has 0 aliphatic rings. The summed E-state index contributed by atoms with van der Waals surface area (Å²) in [6.07, 6.45) is 0. The normalized spacial score (nSPS) is 9.94. The molecule has 0 bridgehead atoms. The number of rotatable bonds is 4. The third-order valence-electron chi connectivity index (χ3n) is 2.36. The van der Waals surface area contributed by atoms with Gasteiger partial charge in [0.1, 0.15) is 0 Å². The molecule has 0 aliphatic carbocycles. The monoisotopic (exact) mass is 252 g/mol. The van der Waals surface area contributed by atoms with Crippen LogP contribution in [-0.4, -0.2) is 7.05 Å². The fourth-order valence-electron chi connectivity index (χ4n) is 1.48. The van der Waals surface area contributed by atoms with Gasteiger partial charge in [-0.1, -0.05) is 12.1 Å². The molecule has 2 aromatic carbocycles. The highest BCUT2D eigenvalue weighted by Gasteiger charge is 2.08. The van der Waals surface area contributed by atoms with Crippen LogP contribution in [0.1, 0.15) is 5.56 Å². The summed E-state index contributed by atoms with van der Waals surface area (Å²) in [5.41, 5.74) is 1.46. The number of hydrogen-bond donors (Lipinski definition) is 2. The molecule has 2 N–H and O–H groups in total. The van der Waals surface area contributed by atoms with Gasteiger partial charge < -0.3 is 10.6 Å². The maximum atomic E-state index is 11.0. The third-order valence-corrected chi connectivity index (χ3v) is 2.36. The first-order valence-electron chi connectivity index (χ1n) is 5.01. The van der Waals surface area contributed by atoms with Crippen LogP contribution in [0.2, 0.25) is 0 Å². The molecule has 90 valence electrons. The summed E-state index contributed by atoms with van der Waals surface area (Å²) in [5, 5.41) is 5.95. The van der Waals surface area contributed by atoms with Crippen molar-refractivity contribution in [2.75, 3.05) is 12.4 Å². The topological polar surface area (TPSA) is 58.2 Å². The Morgan fingerprint density at radius 2 is 1.76 bits per heavy atom. The van der Waals surface area contributed by atoms with Gasteiger partial charge in [-0.2, -0.15) is 0 Å². The van der Waals surface area contributed by atoms with Crippen molar-refractivity contribution in [3.63, 3.8) is 0 Å². The van der Waals surface area contributed by atoms with Crippen LogP contribution < -0.4 is 21.5 Å². The molecule has 4 nitrogen and oxygen atoms in total. The minimum absolute atomic E-state index is 0. The lowest BCUT2D eigenvalue weighted by molar-refractivity contribution is 0.818. The van der Waals surface area contributed by atoms with Gasteiger partial charge in [0.25, 0.3) is 0 Å². The predicted molar refractivity (Wildman–Crippen MR) is 71.1 cm³/mol. The molecule has 0 heterocycles. The number of nitrogens with one attached hydrogen (secondary N) is 2. The van der Waals surface area contributed by atoms with Gasteiger partial charge in [0.05, 0.1) is 5.69 Å². The summed E-state index contributed by atoms with van der Waals surface area (Å²) in [6, 6.07) is 8.99. The Balaban J connectivity index is 0.00000144. The van der Waals surface area contributed by atoms with E-state index in [0.717, 1.165) is 17.8 Å². The Bertz CT molecular complexity index is 556. The largest absolute Gasteiger partial charge is 0.352 e. The number of benzene rings is 1. The molecule has 17 heavy (non-hydrogen) atoms. The molecule has 0 amide bonds. The minimum atomic E-state index is -0.445. The van der Waals surface area contributed by atoms with Gasteiger partial charge in [0.2, 0.25) is 10.9 Å². The predicted octanol–water partition coefficient (Wildman–Crippen LogP) is 1.17. The Labute approximate surface area is 105 Å². The van der Waals surface area contributed by atoms with Crippen molar-refractivity contribution in [2.24, 2.45) is 0 Å². The van der Waals surface area contributed by atoms with Crippen LogP contribution in [0.3, 0.4) is 0 Å². The van der Waals surface area contributed by atoms with Crippen molar-refractivity contribution in [1.29, 1.82) is 0 Å². The lowest BCUT2D eigenvalue weighted by atomic mass is 10.2. The Hall–Kier alpha value is -1.65. The fourth-order valence-corrected chi connectivity index (χ4v) is 1.48. The average molecular weight is 253 g/mol. The molecule has 2 rings (SSSR count). The molecule has 0 spiro atoms. The summed E-state index contributed by atoms with van der Waals surface area (Å²) in [6.45, 7) is 0.806. The van der Waals surface area contributed by atoms with Crippen LogP contribution >= 0.6 is 12.4 Å². The lowest BCUT2D eigenvalue weighted by Crippen LogP contribution is -2.31. The van der Waals surface area contributed by atoms with Crippen LogP contribution in [0.25, 0.3) is 0 Å². The van der Waals surface area contributed by atoms with E-state index < -0.39 is 10.9 Å². The zero-order valence-corrected chi connectivity index (χ0v) is 10.1. The second-order valence-corrected chi connectivity index (χ2v) is 3.60. The summed E-state index contributed by atoms with van der Waals surface area (Å²) < 4.78 is 0. The van der Waals surface area contributed by atoms with Crippen LogP contribution in [0, 0.1) is 0 Å². The highest BCUT2D eigenvalue weighted by Crippen LogP contribution is 2.13.